The molecule has 0 unspecified atom stereocenters. The number of benzene rings is 2. The Morgan fingerprint density at radius 1 is 1.05 bits per heavy atom. The summed E-state index contributed by atoms with van der Waals surface area (Å²) in [6.45, 7) is 0. The monoisotopic (exact) mass is 474 g/mol. The number of carbonyl (C=O) groups is 1. The average Bonchev–Trinajstić information content (AvgIpc) is 2.41. The van der Waals surface area contributed by atoms with E-state index in [9.17, 15) is 4.79 Å². The van der Waals surface area contributed by atoms with Gasteiger partial charge in [0.1, 0.15) is 11.5 Å². The van der Waals surface area contributed by atoms with Crippen LogP contribution < -0.4 is 4.74 Å². The summed E-state index contributed by atoms with van der Waals surface area (Å²) < 4.78 is 8.33. The highest BCUT2D eigenvalue weighted by Gasteiger charge is 2.05. The van der Waals surface area contributed by atoms with Gasteiger partial charge in [0.2, 0.25) is 0 Å². The van der Waals surface area contributed by atoms with Gasteiger partial charge in [0.25, 0.3) is 0 Å². The summed E-state index contributed by atoms with van der Waals surface area (Å²) in [5.41, 5.74) is 0.764. The quantitative estimate of drug-likeness (QED) is 0.562. The van der Waals surface area contributed by atoms with Crippen LogP contribution in [-0.2, 0) is 4.79 Å². The van der Waals surface area contributed by atoms with E-state index in [0.717, 1.165) is 25.1 Å². The molecule has 0 aromatic heterocycles. The number of hydrogen-bond acceptors (Lipinski definition) is 2. The molecule has 0 bridgehead atoms. The number of carboxylic acids is 1. The zero-order valence-electron chi connectivity index (χ0n) is 10.5. The van der Waals surface area contributed by atoms with Crippen molar-refractivity contribution in [3.63, 3.8) is 0 Å². The molecule has 0 saturated carbocycles. The van der Waals surface area contributed by atoms with Gasteiger partial charge in [0.05, 0.1) is 4.47 Å². The first-order valence-corrected chi connectivity index (χ1v) is 8.17. The lowest BCUT2D eigenvalue weighted by atomic mass is 10.2. The van der Waals surface area contributed by atoms with E-state index in [1.54, 1.807) is 18.2 Å². The van der Waals surface area contributed by atoms with E-state index in [4.69, 9.17) is 9.84 Å². The largest absolute Gasteiger partial charge is 0.478 e. The Kier molecular flexibility index (Phi) is 5.61. The first-order chi connectivity index (χ1) is 9.95. The van der Waals surface area contributed by atoms with Gasteiger partial charge in [-0.05, 0) is 57.9 Å². The van der Waals surface area contributed by atoms with Crippen LogP contribution in [0.1, 0.15) is 5.56 Å². The number of carboxylic acid groups (broad SMARTS) is 1. The fourth-order valence-corrected chi connectivity index (χ4v) is 3.17. The van der Waals surface area contributed by atoms with Crippen LogP contribution >= 0.6 is 47.8 Å². The predicted octanol–water partition coefficient (Wildman–Crippen LogP) is 5.86. The van der Waals surface area contributed by atoms with Crippen LogP contribution in [0.15, 0.2) is 55.9 Å². The van der Waals surface area contributed by atoms with Crippen molar-refractivity contribution in [2.45, 2.75) is 0 Å². The molecule has 21 heavy (non-hydrogen) atoms. The average molecular weight is 477 g/mol. The Labute approximate surface area is 147 Å². The zero-order chi connectivity index (χ0) is 15.4. The van der Waals surface area contributed by atoms with E-state index in [2.05, 4.69) is 47.8 Å². The van der Waals surface area contributed by atoms with Crippen LogP contribution in [0.3, 0.4) is 0 Å². The molecule has 6 heteroatoms. The number of hydrogen-bond donors (Lipinski definition) is 1. The Bertz CT molecular complexity index is 711. The van der Waals surface area contributed by atoms with E-state index in [1.807, 2.05) is 18.2 Å². The normalized spacial score (nSPS) is 10.8. The second-order valence-electron chi connectivity index (χ2n) is 4.03. The van der Waals surface area contributed by atoms with E-state index in [1.165, 1.54) is 6.08 Å². The fraction of sp³-hybridized carbons (Fsp3) is 0. The summed E-state index contributed by atoms with van der Waals surface area (Å²) in [7, 11) is 0. The van der Waals surface area contributed by atoms with Crippen molar-refractivity contribution in [1.29, 1.82) is 0 Å². The molecule has 0 fully saturated rings. The molecule has 0 heterocycles. The summed E-state index contributed by atoms with van der Waals surface area (Å²) in [5.74, 6) is 0.359. The SMILES string of the molecule is O=C(O)/C=C/c1ccc(Oc2ccc(Br)cc2Br)cc1Br. The molecule has 0 aliphatic rings. The highest BCUT2D eigenvalue weighted by atomic mass is 79.9. The molecule has 0 saturated heterocycles. The Morgan fingerprint density at radius 3 is 2.43 bits per heavy atom. The van der Waals surface area contributed by atoms with E-state index in [-0.39, 0.29) is 0 Å². The van der Waals surface area contributed by atoms with Gasteiger partial charge in [-0.25, -0.2) is 4.79 Å². The lowest BCUT2D eigenvalue weighted by Gasteiger charge is -2.09. The molecule has 0 aliphatic heterocycles. The third-order valence-electron chi connectivity index (χ3n) is 2.50. The van der Waals surface area contributed by atoms with Gasteiger partial charge in [0.15, 0.2) is 0 Å². The lowest BCUT2D eigenvalue weighted by Crippen LogP contribution is -1.88. The highest BCUT2D eigenvalue weighted by molar-refractivity contribution is 9.11. The van der Waals surface area contributed by atoms with Crippen LogP contribution in [-0.4, -0.2) is 11.1 Å². The van der Waals surface area contributed by atoms with Crippen molar-refractivity contribution in [3.8, 4) is 11.5 Å². The minimum absolute atomic E-state index is 0.650. The highest BCUT2D eigenvalue weighted by Crippen LogP contribution is 2.33. The van der Waals surface area contributed by atoms with Crippen molar-refractivity contribution < 1.29 is 14.6 Å². The second kappa shape index (κ2) is 7.24. The molecule has 0 atom stereocenters. The third kappa shape index (κ3) is 4.69. The van der Waals surface area contributed by atoms with Crippen LogP contribution in [0.25, 0.3) is 6.08 Å². The predicted molar refractivity (Wildman–Crippen MR) is 92.7 cm³/mol. The van der Waals surface area contributed by atoms with E-state index >= 15 is 0 Å². The molecule has 2 rings (SSSR count). The fourth-order valence-electron chi connectivity index (χ4n) is 1.55. The summed E-state index contributed by atoms with van der Waals surface area (Å²) in [4.78, 5) is 10.5. The summed E-state index contributed by atoms with van der Waals surface area (Å²) in [6, 6.07) is 11.0. The molecule has 0 spiro atoms. The molecule has 0 aliphatic carbocycles. The standard InChI is InChI=1S/C15H9Br3O3/c16-10-3-5-14(13(18)7-10)21-11-4-1-9(12(17)8-11)2-6-15(19)20/h1-8H,(H,19,20)/b6-2+. The zero-order valence-corrected chi connectivity index (χ0v) is 15.3. The van der Waals surface area contributed by atoms with Gasteiger partial charge in [-0.3, -0.25) is 0 Å². The third-order valence-corrected chi connectivity index (χ3v) is 4.30. The first kappa shape index (κ1) is 16.3. The van der Waals surface area contributed by atoms with Crippen molar-refractivity contribution in [3.05, 3.63) is 61.5 Å². The Morgan fingerprint density at radius 2 is 1.81 bits per heavy atom. The van der Waals surface area contributed by atoms with Crippen molar-refractivity contribution in [1.82, 2.24) is 0 Å². The molecule has 0 radical (unpaired) electrons. The van der Waals surface area contributed by atoms with Gasteiger partial charge >= 0.3 is 5.97 Å². The number of ether oxygens (including phenoxy) is 1. The molecule has 2 aromatic carbocycles. The Balaban J connectivity index is 2.22. The summed E-state index contributed by atoms with van der Waals surface area (Å²) >= 11 is 10.2. The molecule has 2 aromatic rings. The molecule has 0 amide bonds. The van der Waals surface area contributed by atoms with Gasteiger partial charge in [-0.15, -0.1) is 0 Å². The number of aliphatic carboxylic acids is 1. The van der Waals surface area contributed by atoms with Gasteiger partial charge in [-0.2, -0.15) is 0 Å². The summed E-state index contributed by atoms with van der Waals surface area (Å²) in [6.07, 6.45) is 2.61. The molecule has 3 nitrogen and oxygen atoms in total. The molecule has 108 valence electrons. The molecular weight excluding hydrogens is 468 g/mol. The summed E-state index contributed by atoms with van der Waals surface area (Å²) in [5, 5.41) is 8.63. The van der Waals surface area contributed by atoms with Gasteiger partial charge in [-0.1, -0.05) is 37.9 Å². The number of halogens is 3. The number of rotatable bonds is 4. The first-order valence-electron chi connectivity index (χ1n) is 5.79. The maximum absolute atomic E-state index is 10.5. The smallest absolute Gasteiger partial charge is 0.328 e. The molecule has 1 N–H and O–H groups in total. The minimum Gasteiger partial charge on any atom is -0.478 e. The van der Waals surface area contributed by atoms with Crippen molar-refractivity contribution in [2.24, 2.45) is 0 Å². The Hall–Kier alpha value is -1.11. The molecular formula is C15H9Br3O3. The van der Waals surface area contributed by atoms with Crippen LogP contribution in [0.4, 0.5) is 0 Å². The van der Waals surface area contributed by atoms with E-state index in [0.29, 0.717) is 11.5 Å². The van der Waals surface area contributed by atoms with Gasteiger partial charge < -0.3 is 9.84 Å². The van der Waals surface area contributed by atoms with Gasteiger partial charge in [0, 0.05) is 15.0 Å². The second-order valence-corrected chi connectivity index (χ2v) is 6.66. The topological polar surface area (TPSA) is 46.5 Å². The lowest BCUT2D eigenvalue weighted by molar-refractivity contribution is -0.131. The van der Waals surface area contributed by atoms with Crippen LogP contribution in [0, 0.1) is 0 Å². The van der Waals surface area contributed by atoms with Crippen LogP contribution in [0.2, 0.25) is 0 Å². The maximum atomic E-state index is 10.5. The van der Waals surface area contributed by atoms with E-state index < -0.39 is 5.97 Å². The maximum Gasteiger partial charge on any atom is 0.328 e. The van der Waals surface area contributed by atoms with Crippen LogP contribution in [0.5, 0.6) is 11.5 Å². The minimum atomic E-state index is -0.985. The van der Waals surface area contributed by atoms with Crippen molar-refractivity contribution >= 4 is 59.8 Å². The van der Waals surface area contributed by atoms with Crippen molar-refractivity contribution in [2.75, 3.05) is 0 Å².